The van der Waals surface area contributed by atoms with E-state index in [-0.39, 0.29) is 0 Å². The van der Waals surface area contributed by atoms with E-state index in [2.05, 4.69) is 72.1 Å². The van der Waals surface area contributed by atoms with Gasteiger partial charge in [0.25, 0.3) is 0 Å². The molecule has 0 unspecified atom stereocenters. The van der Waals surface area contributed by atoms with Crippen molar-refractivity contribution in [1.82, 2.24) is 0 Å². The molecule has 4 aromatic carbocycles. The van der Waals surface area contributed by atoms with Crippen LogP contribution >= 0.6 is 11.3 Å². The number of hydrogen-bond acceptors (Lipinski definition) is 1. The standard InChI is InChI=1S/C20H12S/c1-2-4-15-12-18-16(11-14(15)3-1)6-5-13-7-8-19-17(20(13)18)9-10-21-19/h1-12H. The van der Waals surface area contributed by atoms with Crippen LogP contribution in [0.15, 0.2) is 72.1 Å². The van der Waals surface area contributed by atoms with Gasteiger partial charge in [0.2, 0.25) is 0 Å². The molecule has 0 bridgehead atoms. The summed E-state index contributed by atoms with van der Waals surface area (Å²) in [6.45, 7) is 0. The zero-order chi connectivity index (χ0) is 13.8. The van der Waals surface area contributed by atoms with Gasteiger partial charge in [0.1, 0.15) is 0 Å². The summed E-state index contributed by atoms with van der Waals surface area (Å²) in [6, 6.07) is 24.4. The van der Waals surface area contributed by atoms with E-state index in [4.69, 9.17) is 0 Å². The highest BCUT2D eigenvalue weighted by Crippen LogP contribution is 2.35. The first kappa shape index (κ1) is 11.3. The van der Waals surface area contributed by atoms with Crippen LogP contribution in [0.25, 0.3) is 42.4 Å². The molecule has 0 fully saturated rings. The highest BCUT2D eigenvalue weighted by atomic mass is 32.1. The quantitative estimate of drug-likeness (QED) is 0.229. The number of fused-ring (bicyclic) bond motifs is 6. The average molecular weight is 284 g/mol. The Hall–Kier alpha value is -2.38. The molecule has 0 saturated heterocycles. The van der Waals surface area contributed by atoms with Crippen molar-refractivity contribution in [3.63, 3.8) is 0 Å². The zero-order valence-corrected chi connectivity index (χ0v) is 12.2. The molecule has 0 aliphatic rings. The summed E-state index contributed by atoms with van der Waals surface area (Å²) in [6.07, 6.45) is 0. The maximum absolute atomic E-state index is 2.34. The second kappa shape index (κ2) is 4.06. The normalized spacial score (nSPS) is 11.8. The van der Waals surface area contributed by atoms with Gasteiger partial charge in [-0.3, -0.25) is 0 Å². The van der Waals surface area contributed by atoms with Crippen LogP contribution in [0.2, 0.25) is 0 Å². The number of thiophene rings is 1. The monoisotopic (exact) mass is 284 g/mol. The SMILES string of the molecule is c1ccc2cc3c(ccc4ccc5sccc5c43)cc2c1. The first-order valence-corrected chi connectivity index (χ1v) is 7.99. The van der Waals surface area contributed by atoms with Crippen molar-refractivity contribution < 1.29 is 0 Å². The Labute approximate surface area is 126 Å². The fourth-order valence-electron chi connectivity index (χ4n) is 3.29. The topological polar surface area (TPSA) is 0 Å². The summed E-state index contributed by atoms with van der Waals surface area (Å²) in [5.74, 6) is 0. The second-order valence-corrected chi connectivity index (χ2v) is 6.43. The van der Waals surface area contributed by atoms with Crippen LogP contribution in [0.5, 0.6) is 0 Å². The Morgan fingerprint density at radius 1 is 0.571 bits per heavy atom. The Bertz CT molecular complexity index is 1130. The van der Waals surface area contributed by atoms with E-state index >= 15 is 0 Å². The van der Waals surface area contributed by atoms with Gasteiger partial charge in [-0.1, -0.05) is 42.5 Å². The van der Waals surface area contributed by atoms with E-state index < -0.39 is 0 Å². The molecular formula is C20H12S. The lowest BCUT2D eigenvalue weighted by molar-refractivity contribution is 1.79. The molecule has 1 aromatic heterocycles. The van der Waals surface area contributed by atoms with E-state index in [0.29, 0.717) is 0 Å². The van der Waals surface area contributed by atoms with Crippen molar-refractivity contribution in [3.05, 3.63) is 72.1 Å². The fraction of sp³-hybridized carbons (Fsp3) is 0. The first-order valence-electron chi connectivity index (χ1n) is 7.12. The molecule has 1 heterocycles. The van der Waals surface area contributed by atoms with Gasteiger partial charge in [-0.25, -0.2) is 0 Å². The fourth-order valence-corrected chi connectivity index (χ4v) is 4.09. The van der Waals surface area contributed by atoms with E-state index in [1.54, 1.807) is 0 Å². The molecule has 1 heteroatoms. The molecule has 0 aliphatic carbocycles. The maximum Gasteiger partial charge on any atom is 0.0349 e. The van der Waals surface area contributed by atoms with E-state index in [0.717, 1.165) is 0 Å². The molecular weight excluding hydrogens is 272 g/mol. The van der Waals surface area contributed by atoms with Crippen LogP contribution in [0.4, 0.5) is 0 Å². The van der Waals surface area contributed by atoms with Crippen molar-refractivity contribution in [2.75, 3.05) is 0 Å². The second-order valence-electron chi connectivity index (χ2n) is 5.48. The molecule has 0 saturated carbocycles. The van der Waals surface area contributed by atoms with Crippen molar-refractivity contribution in [3.8, 4) is 0 Å². The molecule has 0 amide bonds. The molecule has 5 rings (SSSR count). The minimum atomic E-state index is 1.31. The largest absolute Gasteiger partial charge is 0.144 e. The van der Waals surface area contributed by atoms with Gasteiger partial charge in [0, 0.05) is 10.1 Å². The smallest absolute Gasteiger partial charge is 0.0349 e. The lowest BCUT2D eigenvalue weighted by Gasteiger charge is -2.07. The van der Waals surface area contributed by atoms with Crippen molar-refractivity contribution in [2.24, 2.45) is 0 Å². The molecule has 0 atom stereocenters. The molecule has 0 nitrogen and oxygen atoms in total. The van der Waals surface area contributed by atoms with E-state index in [9.17, 15) is 0 Å². The molecule has 0 radical (unpaired) electrons. The predicted molar refractivity (Wildman–Crippen MR) is 94.3 cm³/mol. The lowest BCUT2D eigenvalue weighted by atomic mass is 9.96. The van der Waals surface area contributed by atoms with Gasteiger partial charge in [0.15, 0.2) is 0 Å². The predicted octanol–water partition coefficient (Wildman–Crippen LogP) is 6.36. The maximum atomic E-state index is 2.34. The van der Waals surface area contributed by atoms with Gasteiger partial charge in [-0.05, 0) is 62.0 Å². The highest BCUT2D eigenvalue weighted by molar-refractivity contribution is 7.17. The van der Waals surface area contributed by atoms with Gasteiger partial charge in [-0.2, -0.15) is 0 Å². The Morgan fingerprint density at radius 2 is 1.33 bits per heavy atom. The average Bonchev–Trinajstić information content (AvgIpc) is 3.01. The third-order valence-corrected chi connectivity index (χ3v) is 5.18. The Kier molecular flexibility index (Phi) is 2.18. The van der Waals surface area contributed by atoms with Crippen LogP contribution in [0, 0.1) is 0 Å². The summed E-state index contributed by atoms with van der Waals surface area (Å²) in [7, 11) is 0. The molecule has 0 aliphatic heterocycles. The van der Waals surface area contributed by atoms with Gasteiger partial charge < -0.3 is 0 Å². The van der Waals surface area contributed by atoms with E-state index in [1.807, 2.05) is 11.3 Å². The van der Waals surface area contributed by atoms with Crippen molar-refractivity contribution in [1.29, 1.82) is 0 Å². The highest BCUT2D eigenvalue weighted by Gasteiger charge is 2.07. The molecule has 0 N–H and O–H groups in total. The van der Waals surface area contributed by atoms with Crippen LogP contribution < -0.4 is 0 Å². The number of rotatable bonds is 0. The van der Waals surface area contributed by atoms with Crippen LogP contribution in [-0.2, 0) is 0 Å². The van der Waals surface area contributed by atoms with Crippen molar-refractivity contribution >= 4 is 53.7 Å². The Balaban J connectivity index is 2.11. The zero-order valence-electron chi connectivity index (χ0n) is 11.3. The minimum Gasteiger partial charge on any atom is -0.144 e. The van der Waals surface area contributed by atoms with Gasteiger partial charge >= 0.3 is 0 Å². The summed E-state index contributed by atoms with van der Waals surface area (Å²) in [5, 5.41) is 11.6. The lowest BCUT2D eigenvalue weighted by Crippen LogP contribution is -1.80. The molecule has 0 spiro atoms. The van der Waals surface area contributed by atoms with Crippen molar-refractivity contribution in [2.45, 2.75) is 0 Å². The number of hydrogen-bond donors (Lipinski definition) is 0. The van der Waals surface area contributed by atoms with Crippen LogP contribution in [-0.4, -0.2) is 0 Å². The molecule has 5 aromatic rings. The van der Waals surface area contributed by atoms with Crippen LogP contribution in [0.1, 0.15) is 0 Å². The van der Waals surface area contributed by atoms with E-state index in [1.165, 1.54) is 42.4 Å². The summed E-state index contributed by atoms with van der Waals surface area (Å²) in [4.78, 5) is 0. The first-order chi connectivity index (χ1) is 10.4. The van der Waals surface area contributed by atoms with Gasteiger partial charge in [0.05, 0.1) is 0 Å². The Morgan fingerprint density at radius 3 is 2.24 bits per heavy atom. The summed E-state index contributed by atoms with van der Waals surface area (Å²) < 4.78 is 1.36. The minimum absolute atomic E-state index is 1.31. The number of benzene rings is 4. The summed E-state index contributed by atoms with van der Waals surface area (Å²) in [5.41, 5.74) is 0. The van der Waals surface area contributed by atoms with Gasteiger partial charge in [-0.15, -0.1) is 11.3 Å². The third kappa shape index (κ3) is 1.55. The molecule has 98 valence electrons. The summed E-state index contributed by atoms with van der Waals surface area (Å²) >= 11 is 1.81. The molecule has 21 heavy (non-hydrogen) atoms. The van der Waals surface area contributed by atoms with Crippen LogP contribution in [0.3, 0.4) is 0 Å². The third-order valence-electron chi connectivity index (χ3n) is 4.30.